The SMILES string of the molecule is O=C(NCCN1CCOCC1)c1ccnc(Nc2ccc(F)c(Cl)c2)c1. The highest BCUT2D eigenvalue weighted by atomic mass is 35.5. The lowest BCUT2D eigenvalue weighted by Gasteiger charge is -2.26. The van der Waals surface area contributed by atoms with Crippen molar-refractivity contribution in [3.63, 3.8) is 0 Å². The number of amides is 1. The number of aromatic nitrogens is 1. The Kier molecular flexibility index (Phi) is 6.38. The van der Waals surface area contributed by atoms with Crippen LogP contribution >= 0.6 is 11.6 Å². The average molecular weight is 379 g/mol. The molecule has 0 saturated carbocycles. The first-order valence-electron chi connectivity index (χ1n) is 8.38. The van der Waals surface area contributed by atoms with Gasteiger partial charge in [0.2, 0.25) is 0 Å². The number of ether oxygens (including phenoxy) is 1. The molecular formula is C18H20ClFN4O2. The fourth-order valence-electron chi connectivity index (χ4n) is 2.62. The van der Waals surface area contributed by atoms with E-state index < -0.39 is 5.82 Å². The third-order valence-electron chi connectivity index (χ3n) is 4.03. The Hall–Kier alpha value is -2.22. The predicted octanol–water partition coefficient (Wildman–Crippen LogP) is 2.68. The summed E-state index contributed by atoms with van der Waals surface area (Å²) in [6.45, 7) is 4.61. The quantitative estimate of drug-likeness (QED) is 0.809. The fourth-order valence-corrected chi connectivity index (χ4v) is 2.80. The molecule has 26 heavy (non-hydrogen) atoms. The molecule has 0 radical (unpaired) electrons. The van der Waals surface area contributed by atoms with E-state index in [0.29, 0.717) is 23.6 Å². The van der Waals surface area contributed by atoms with Crippen LogP contribution in [0.4, 0.5) is 15.9 Å². The van der Waals surface area contributed by atoms with E-state index in [4.69, 9.17) is 16.3 Å². The lowest BCUT2D eigenvalue weighted by Crippen LogP contribution is -2.41. The van der Waals surface area contributed by atoms with Gasteiger partial charge in [-0.1, -0.05) is 11.6 Å². The third-order valence-corrected chi connectivity index (χ3v) is 4.32. The Balaban J connectivity index is 1.55. The second-order valence-corrected chi connectivity index (χ2v) is 6.30. The van der Waals surface area contributed by atoms with E-state index in [9.17, 15) is 9.18 Å². The molecule has 1 aromatic heterocycles. The maximum atomic E-state index is 13.2. The highest BCUT2D eigenvalue weighted by Gasteiger charge is 2.11. The number of rotatable bonds is 6. The van der Waals surface area contributed by atoms with E-state index >= 15 is 0 Å². The molecule has 2 heterocycles. The summed E-state index contributed by atoms with van der Waals surface area (Å²) in [5.74, 6) is -0.173. The molecule has 6 nitrogen and oxygen atoms in total. The molecule has 1 amide bonds. The smallest absolute Gasteiger partial charge is 0.251 e. The average Bonchev–Trinajstić information content (AvgIpc) is 2.66. The number of nitrogens with one attached hydrogen (secondary N) is 2. The number of halogens is 2. The van der Waals surface area contributed by atoms with Crippen molar-refractivity contribution < 1.29 is 13.9 Å². The Bertz CT molecular complexity index is 769. The Morgan fingerprint density at radius 3 is 2.85 bits per heavy atom. The standard InChI is InChI=1S/C18H20ClFN4O2/c19-15-12-14(1-2-16(15)20)23-17-11-13(3-4-21-17)18(25)22-5-6-24-7-9-26-10-8-24/h1-4,11-12H,5-10H2,(H,21,23)(H,22,25). The van der Waals surface area contributed by atoms with Crippen molar-refractivity contribution in [2.24, 2.45) is 0 Å². The molecule has 1 fully saturated rings. The van der Waals surface area contributed by atoms with Gasteiger partial charge in [-0.25, -0.2) is 9.37 Å². The summed E-state index contributed by atoms with van der Waals surface area (Å²) >= 11 is 5.77. The van der Waals surface area contributed by atoms with Gasteiger partial charge in [0.25, 0.3) is 5.91 Å². The van der Waals surface area contributed by atoms with Crippen LogP contribution in [0.3, 0.4) is 0 Å². The zero-order valence-corrected chi connectivity index (χ0v) is 14.9. The van der Waals surface area contributed by atoms with Gasteiger partial charge in [-0.2, -0.15) is 0 Å². The van der Waals surface area contributed by atoms with Crippen molar-refractivity contribution in [3.8, 4) is 0 Å². The molecule has 1 aliphatic heterocycles. The molecule has 1 saturated heterocycles. The van der Waals surface area contributed by atoms with Crippen molar-refractivity contribution in [3.05, 3.63) is 52.9 Å². The Labute approximate surface area is 156 Å². The number of morpholine rings is 1. The van der Waals surface area contributed by atoms with Crippen LogP contribution < -0.4 is 10.6 Å². The summed E-state index contributed by atoms with van der Waals surface area (Å²) in [6.07, 6.45) is 1.55. The molecule has 1 aliphatic rings. The van der Waals surface area contributed by atoms with Crippen molar-refractivity contribution in [1.29, 1.82) is 0 Å². The zero-order valence-electron chi connectivity index (χ0n) is 14.2. The number of hydrogen-bond acceptors (Lipinski definition) is 5. The summed E-state index contributed by atoms with van der Waals surface area (Å²) in [4.78, 5) is 18.7. The molecule has 1 aromatic carbocycles. The zero-order chi connectivity index (χ0) is 18.4. The van der Waals surface area contributed by atoms with Crippen LogP contribution in [0.2, 0.25) is 5.02 Å². The van der Waals surface area contributed by atoms with E-state index in [1.54, 1.807) is 24.4 Å². The van der Waals surface area contributed by atoms with Crippen LogP contribution in [0.15, 0.2) is 36.5 Å². The Morgan fingerprint density at radius 1 is 1.27 bits per heavy atom. The molecule has 3 rings (SSSR count). The Morgan fingerprint density at radius 2 is 2.08 bits per heavy atom. The van der Waals surface area contributed by atoms with E-state index in [-0.39, 0.29) is 10.9 Å². The van der Waals surface area contributed by atoms with E-state index in [2.05, 4.69) is 20.5 Å². The van der Waals surface area contributed by atoms with Gasteiger partial charge < -0.3 is 15.4 Å². The van der Waals surface area contributed by atoms with Gasteiger partial charge in [0.05, 0.1) is 18.2 Å². The maximum Gasteiger partial charge on any atom is 0.251 e. The topological polar surface area (TPSA) is 66.5 Å². The number of pyridine rings is 1. The lowest BCUT2D eigenvalue weighted by atomic mass is 10.2. The first kappa shape index (κ1) is 18.6. The first-order chi connectivity index (χ1) is 12.6. The fraction of sp³-hybridized carbons (Fsp3) is 0.333. The van der Waals surface area contributed by atoms with Crippen molar-refractivity contribution in [2.75, 3.05) is 44.7 Å². The van der Waals surface area contributed by atoms with Gasteiger partial charge in [0, 0.05) is 43.6 Å². The number of anilines is 2. The molecule has 0 atom stereocenters. The third kappa shape index (κ3) is 5.14. The minimum absolute atomic E-state index is 0.0204. The number of carbonyl (C=O) groups excluding carboxylic acids is 1. The molecule has 138 valence electrons. The molecule has 0 bridgehead atoms. The predicted molar refractivity (Wildman–Crippen MR) is 98.5 cm³/mol. The number of benzene rings is 1. The van der Waals surface area contributed by atoms with Crippen molar-refractivity contribution in [1.82, 2.24) is 15.2 Å². The monoisotopic (exact) mass is 378 g/mol. The molecule has 8 heteroatoms. The molecular weight excluding hydrogens is 359 g/mol. The van der Waals surface area contributed by atoms with Gasteiger partial charge >= 0.3 is 0 Å². The highest BCUT2D eigenvalue weighted by molar-refractivity contribution is 6.31. The van der Waals surface area contributed by atoms with Crippen LogP contribution in [0.1, 0.15) is 10.4 Å². The maximum absolute atomic E-state index is 13.2. The van der Waals surface area contributed by atoms with Crippen LogP contribution in [0.25, 0.3) is 0 Å². The summed E-state index contributed by atoms with van der Waals surface area (Å²) in [5, 5.41) is 5.94. The van der Waals surface area contributed by atoms with Crippen LogP contribution in [-0.2, 0) is 4.74 Å². The largest absolute Gasteiger partial charge is 0.379 e. The van der Waals surface area contributed by atoms with E-state index in [1.165, 1.54) is 12.1 Å². The highest BCUT2D eigenvalue weighted by Crippen LogP contribution is 2.22. The minimum atomic E-state index is -0.487. The number of hydrogen-bond donors (Lipinski definition) is 2. The molecule has 2 N–H and O–H groups in total. The first-order valence-corrected chi connectivity index (χ1v) is 8.76. The van der Waals surface area contributed by atoms with Crippen molar-refractivity contribution >= 4 is 29.0 Å². The summed E-state index contributed by atoms with van der Waals surface area (Å²) < 4.78 is 18.5. The summed E-state index contributed by atoms with van der Waals surface area (Å²) in [5.41, 5.74) is 1.09. The normalized spacial score (nSPS) is 14.8. The molecule has 0 unspecified atom stereocenters. The van der Waals surface area contributed by atoms with Gasteiger partial charge in [0.1, 0.15) is 11.6 Å². The lowest BCUT2D eigenvalue weighted by molar-refractivity contribution is 0.0383. The summed E-state index contributed by atoms with van der Waals surface area (Å²) in [7, 11) is 0. The van der Waals surface area contributed by atoms with Gasteiger partial charge in [-0.3, -0.25) is 9.69 Å². The molecule has 0 spiro atoms. The summed E-state index contributed by atoms with van der Waals surface area (Å²) in [6, 6.07) is 7.58. The van der Waals surface area contributed by atoms with Crippen LogP contribution in [-0.4, -0.2) is 55.2 Å². The molecule has 0 aliphatic carbocycles. The second-order valence-electron chi connectivity index (χ2n) is 5.89. The van der Waals surface area contributed by atoms with Crippen LogP contribution in [0.5, 0.6) is 0 Å². The van der Waals surface area contributed by atoms with E-state index in [0.717, 1.165) is 32.8 Å². The van der Waals surface area contributed by atoms with Gasteiger partial charge in [-0.15, -0.1) is 0 Å². The van der Waals surface area contributed by atoms with Crippen LogP contribution in [0, 0.1) is 5.82 Å². The van der Waals surface area contributed by atoms with Crippen molar-refractivity contribution in [2.45, 2.75) is 0 Å². The number of nitrogens with zero attached hydrogens (tertiary/aromatic N) is 2. The van der Waals surface area contributed by atoms with Gasteiger partial charge in [-0.05, 0) is 30.3 Å². The molecule has 2 aromatic rings. The minimum Gasteiger partial charge on any atom is -0.379 e. The van der Waals surface area contributed by atoms with E-state index in [1.807, 2.05) is 0 Å². The number of carbonyl (C=O) groups is 1. The van der Waals surface area contributed by atoms with Gasteiger partial charge in [0.15, 0.2) is 0 Å². The second kappa shape index (κ2) is 8.93.